The fourth-order valence-electron chi connectivity index (χ4n) is 5.01. The molecule has 3 aliphatic rings. The lowest BCUT2D eigenvalue weighted by Gasteiger charge is -2.33. The number of imide groups is 1. The Hall–Kier alpha value is -4.57. The van der Waals surface area contributed by atoms with Gasteiger partial charge in [0, 0.05) is 18.7 Å². The monoisotopic (exact) mass is 594 g/mol. The average molecular weight is 595 g/mol. The van der Waals surface area contributed by atoms with Crippen LogP contribution in [-0.4, -0.2) is 52.2 Å². The van der Waals surface area contributed by atoms with Crippen LogP contribution in [0.2, 0.25) is 0 Å². The van der Waals surface area contributed by atoms with Gasteiger partial charge in [-0.05, 0) is 94.7 Å². The summed E-state index contributed by atoms with van der Waals surface area (Å²) in [5.41, 5.74) is 4.39. The van der Waals surface area contributed by atoms with Crippen LogP contribution in [0.15, 0.2) is 72.8 Å². The molecule has 7 heteroatoms. The number of amides is 3. The Labute approximate surface area is 261 Å². The maximum atomic E-state index is 13.1. The minimum absolute atomic E-state index is 0.0257. The third-order valence-electron chi connectivity index (χ3n) is 7.30. The molecular weight excluding hydrogens is 552 g/mol. The van der Waals surface area contributed by atoms with Crippen molar-refractivity contribution in [2.24, 2.45) is 0 Å². The van der Waals surface area contributed by atoms with Crippen molar-refractivity contribution in [2.75, 3.05) is 13.1 Å². The van der Waals surface area contributed by atoms with Crippen LogP contribution in [0, 0.1) is 12.3 Å². The number of likely N-dealkylation sites (tertiary alicyclic amines) is 1. The van der Waals surface area contributed by atoms with Gasteiger partial charge in [0.05, 0.1) is 12.1 Å². The highest BCUT2D eigenvalue weighted by Crippen LogP contribution is 2.31. The van der Waals surface area contributed by atoms with E-state index in [9.17, 15) is 14.4 Å². The Bertz CT molecular complexity index is 1480. The van der Waals surface area contributed by atoms with E-state index < -0.39 is 23.4 Å². The first-order valence-electron chi connectivity index (χ1n) is 15.0. The average Bonchev–Trinajstić information content (AvgIpc) is 2.96. The predicted molar refractivity (Wildman–Crippen MR) is 172 cm³/mol. The molecule has 0 radical (unpaired) electrons. The van der Waals surface area contributed by atoms with Crippen molar-refractivity contribution >= 4 is 18.1 Å². The van der Waals surface area contributed by atoms with Crippen LogP contribution < -0.4 is 0 Å². The van der Waals surface area contributed by atoms with Crippen molar-refractivity contribution in [1.29, 1.82) is 0 Å². The second-order valence-electron chi connectivity index (χ2n) is 13.1. The van der Waals surface area contributed by atoms with E-state index in [0.29, 0.717) is 24.2 Å². The van der Waals surface area contributed by atoms with Crippen LogP contribution in [-0.2, 0) is 16.0 Å². The van der Waals surface area contributed by atoms with Crippen molar-refractivity contribution in [3.63, 3.8) is 0 Å². The van der Waals surface area contributed by atoms with Crippen molar-refractivity contribution < 1.29 is 23.9 Å². The van der Waals surface area contributed by atoms with Gasteiger partial charge < -0.3 is 14.4 Å². The number of hydrogen-bond acceptors (Lipinski definition) is 5. The van der Waals surface area contributed by atoms with Gasteiger partial charge in [0.1, 0.15) is 11.2 Å². The van der Waals surface area contributed by atoms with Crippen LogP contribution in [0.5, 0.6) is 0 Å². The number of nitrogens with zero attached hydrogens (tertiary/aromatic N) is 2. The zero-order valence-electron chi connectivity index (χ0n) is 26.6. The van der Waals surface area contributed by atoms with Gasteiger partial charge in [-0.3, -0.25) is 4.79 Å². The molecule has 2 aliphatic carbocycles. The molecule has 0 saturated carbocycles. The lowest BCUT2D eigenvalue weighted by Crippen LogP contribution is -2.43. The second-order valence-corrected chi connectivity index (χ2v) is 13.1. The molecule has 2 aromatic carbocycles. The molecule has 1 fully saturated rings. The second kappa shape index (κ2) is 13.4. The largest absolute Gasteiger partial charge is 0.443 e. The van der Waals surface area contributed by atoms with Gasteiger partial charge in [0.15, 0.2) is 0 Å². The number of rotatable bonds is 4. The number of benzene rings is 3. The molecule has 1 heterocycles. The number of ether oxygens (including phenoxy) is 2. The van der Waals surface area contributed by atoms with Crippen molar-refractivity contribution in [3.05, 3.63) is 95.1 Å². The molecule has 1 saturated heterocycles. The zero-order valence-corrected chi connectivity index (χ0v) is 26.6. The summed E-state index contributed by atoms with van der Waals surface area (Å²) >= 11 is 0. The van der Waals surface area contributed by atoms with Gasteiger partial charge in [0.25, 0.3) is 5.91 Å². The molecule has 44 heavy (non-hydrogen) atoms. The van der Waals surface area contributed by atoms with Crippen molar-refractivity contribution in [2.45, 2.75) is 78.0 Å². The highest BCUT2D eigenvalue weighted by molar-refractivity contribution is 5.96. The highest BCUT2D eigenvalue weighted by Gasteiger charge is 2.32. The molecule has 7 nitrogen and oxygen atoms in total. The van der Waals surface area contributed by atoms with Crippen molar-refractivity contribution in [3.8, 4) is 23.5 Å². The number of carbonyl (C=O) groups excluding carboxylic acids is 3. The molecule has 0 unspecified atom stereocenters. The quantitative estimate of drug-likeness (QED) is 0.224. The van der Waals surface area contributed by atoms with E-state index in [0.717, 1.165) is 28.9 Å². The lowest BCUT2D eigenvalue weighted by atomic mass is 9.88. The third-order valence-corrected chi connectivity index (χ3v) is 7.30. The topological polar surface area (TPSA) is 76.2 Å². The van der Waals surface area contributed by atoms with E-state index >= 15 is 0 Å². The molecule has 3 amide bonds. The van der Waals surface area contributed by atoms with E-state index in [1.165, 1.54) is 11.1 Å². The van der Waals surface area contributed by atoms with E-state index in [1.54, 1.807) is 53.7 Å². The molecule has 0 aromatic heterocycles. The van der Waals surface area contributed by atoms with Gasteiger partial charge in [-0.1, -0.05) is 66.6 Å². The molecule has 0 atom stereocenters. The van der Waals surface area contributed by atoms with Crippen LogP contribution in [0.4, 0.5) is 9.59 Å². The fraction of sp³-hybridized carbons (Fsp3) is 0.378. The smallest absolute Gasteiger partial charge is 0.420 e. The molecule has 2 aromatic rings. The van der Waals surface area contributed by atoms with E-state index in [1.807, 2.05) is 41.3 Å². The molecular formula is C37H42N2O5. The molecule has 5 rings (SSSR count). The first-order valence-corrected chi connectivity index (χ1v) is 15.0. The summed E-state index contributed by atoms with van der Waals surface area (Å²) in [5.74, 6) is 2.80. The Balaban J connectivity index is 0.000000644. The van der Waals surface area contributed by atoms with Crippen LogP contribution in [0.1, 0.15) is 87.4 Å². The Morgan fingerprint density at radius 2 is 1.36 bits per heavy atom. The summed E-state index contributed by atoms with van der Waals surface area (Å²) in [6.45, 7) is 11.8. The van der Waals surface area contributed by atoms with Gasteiger partial charge in [-0.25, -0.2) is 14.5 Å². The number of carbonyl (C=O) groups is 3. The van der Waals surface area contributed by atoms with E-state index in [-0.39, 0.29) is 18.4 Å². The third kappa shape index (κ3) is 8.50. The van der Waals surface area contributed by atoms with Crippen LogP contribution in [0.3, 0.4) is 0 Å². The molecule has 230 valence electrons. The number of fused-ring (bicyclic) bond motifs is 1. The van der Waals surface area contributed by atoms with Crippen molar-refractivity contribution in [1.82, 2.24) is 9.80 Å². The Morgan fingerprint density at radius 1 is 0.818 bits per heavy atom. The van der Waals surface area contributed by atoms with E-state index in [4.69, 9.17) is 15.9 Å². The standard InChI is InChI=1S/C31H38N2O5.C6H4/c1-8-23-13-9-10-15-26(23)27(34)32-18-16-24(17-19-32)25-14-11-12-22(20-25)21-33(28(35)37-30(2,3)4)29(36)38-31(5,6)7;1-2-6-4-3-5(1)6/h1,9-15,20,24H,16-19,21H2,2-7H3;1-4H. The molecule has 0 spiro atoms. The first-order chi connectivity index (χ1) is 20.7. The number of terminal acetylenes is 1. The number of piperidine rings is 1. The molecule has 0 bridgehead atoms. The summed E-state index contributed by atoms with van der Waals surface area (Å²) in [4.78, 5) is 41.7. The van der Waals surface area contributed by atoms with Gasteiger partial charge in [-0.15, -0.1) is 6.42 Å². The predicted octanol–water partition coefficient (Wildman–Crippen LogP) is 8.03. The molecule has 0 N–H and O–H groups in total. The molecule has 1 aliphatic heterocycles. The van der Waals surface area contributed by atoms with Gasteiger partial charge >= 0.3 is 12.2 Å². The first kappa shape index (κ1) is 32.3. The fourth-order valence-corrected chi connectivity index (χ4v) is 5.01. The normalized spacial score (nSPS) is 14.0. The Kier molecular flexibility index (Phi) is 9.84. The summed E-state index contributed by atoms with van der Waals surface area (Å²) in [6, 6.07) is 23.5. The van der Waals surface area contributed by atoms with Gasteiger partial charge in [-0.2, -0.15) is 0 Å². The van der Waals surface area contributed by atoms with Crippen LogP contribution >= 0.6 is 0 Å². The summed E-state index contributed by atoms with van der Waals surface area (Å²) < 4.78 is 11.0. The van der Waals surface area contributed by atoms with E-state index in [2.05, 4.69) is 30.2 Å². The maximum absolute atomic E-state index is 13.1. The summed E-state index contributed by atoms with van der Waals surface area (Å²) in [7, 11) is 0. The minimum Gasteiger partial charge on any atom is -0.443 e. The maximum Gasteiger partial charge on any atom is 0.420 e. The van der Waals surface area contributed by atoms with Crippen LogP contribution in [0.25, 0.3) is 11.1 Å². The summed E-state index contributed by atoms with van der Waals surface area (Å²) in [6.07, 6.45) is 5.67. The zero-order chi connectivity index (χ0) is 32.1. The number of hydrogen-bond donors (Lipinski definition) is 0. The SMILES string of the molecule is C#Cc1ccccc1C(=O)N1CCC(c2cccc(CN(C(=O)OC(C)(C)C)C(=O)OC(C)(C)C)c2)CC1.c1cc2ccc1-2. The summed E-state index contributed by atoms with van der Waals surface area (Å²) in [5, 5.41) is 0. The Morgan fingerprint density at radius 3 is 1.84 bits per heavy atom. The lowest BCUT2D eigenvalue weighted by molar-refractivity contribution is -0.000275. The minimum atomic E-state index is -0.759. The highest BCUT2D eigenvalue weighted by atomic mass is 16.6. The van der Waals surface area contributed by atoms with Gasteiger partial charge in [0.2, 0.25) is 0 Å².